The number of aromatic nitrogens is 3. The van der Waals surface area contributed by atoms with E-state index in [-0.39, 0.29) is 0 Å². The van der Waals surface area contributed by atoms with Gasteiger partial charge in [0.25, 0.3) is 0 Å². The van der Waals surface area contributed by atoms with E-state index in [1.165, 1.54) is 0 Å². The zero-order valence-corrected chi connectivity index (χ0v) is 10.6. The topological polar surface area (TPSA) is 42.7 Å². The summed E-state index contributed by atoms with van der Waals surface area (Å²) in [5.41, 5.74) is 2.08. The molecule has 2 rings (SSSR count). The summed E-state index contributed by atoms with van der Waals surface area (Å²) in [7, 11) is 0. The zero-order valence-electron chi connectivity index (χ0n) is 9.02. The van der Waals surface area contributed by atoms with E-state index in [2.05, 4.69) is 38.5 Å². The molecule has 0 bridgehead atoms. The second-order valence-corrected chi connectivity index (χ2v) is 4.31. The lowest BCUT2D eigenvalue weighted by Crippen LogP contribution is -2.15. The Morgan fingerprint density at radius 1 is 1.31 bits per heavy atom. The van der Waals surface area contributed by atoms with E-state index < -0.39 is 0 Å². The van der Waals surface area contributed by atoms with Crippen molar-refractivity contribution in [3.63, 3.8) is 0 Å². The molecule has 0 radical (unpaired) electrons. The fourth-order valence-electron chi connectivity index (χ4n) is 1.43. The van der Waals surface area contributed by atoms with Gasteiger partial charge in [-0.1, -0.05) is 28.1 Å². The maximum Gasteiger partial charge on any atom is 0.0783 e. The standard InChI is InChI=1S/C11H13BrN4/c1-2-13-7-11-8-14-15-16(11)10-5-3-9(12)4-6-10/h3-6,8,13H,2,7H2,1H3. The molecule has 0 saturated heterocycles. The molecule has 0 aliphatic rings. The van der Waals surface area contributed by atoms with Crippen LogP contribution in [-0.2, 0) is 6.54 Å². The lowest BCUT2D eigenvalue weighted by molar-refractivity contribution is 0.672. The predicted molar refractivity (Wildman–Crippen MR) is 66.4 cm³/mol. The molecule has 0 atom stereocenters. The Hall–Kier alpha value is -1.20. The van der Waals surface area contributed by atoms with Gasteiger partial charge in [-0.2, -0.15) is 0 Å². The quantitative estimate of drug-likeness (QED) is 0.933. The van der Waals surface area contributed by atoms with E-state index in [1.807, 2.05) is 28.9 Å². The highest BCUT2D eigenvalue weighted by molar-refractivity contribution is 9.10. The van der Waals surface area contributed by atoms with E-state index in [1.54, 1.807) is 6.20 Å². The van der Waals surface area contributed by atoms with Crippen molar-refractivity contribution in [2.45, 2.75) is 13.5 Å². The molecule has 1 heterocycles. The third-order valence-electron chi connectivity index (χ3n) is 2.25. The maximum atomic E-state index is 4.08. The van der Waals surface area contributed by atoms with Crippen LogP contribution in [0.15, 0.2) is 34.9 Å². The van der Waals surface area contributed by atoms with E-state index in [0.29, 0.717) is 0 Å². The molecule has 0 unspecified atom stereocenters. The first kappa shape index (κ1) is 11.3. The number of hydrogen-bond acceptors (Lipinski definition) is 3. The highest BCUT2D eigenvalue weighted by atomic mass is 79.9. The average Bonchev–Trinajstić information content (AvgIpc) is 2.75. The van der Waals surface area contributed by atoms with Crippen LogP contribution in [0.2, 0.25) is 0 Å². The molecule has 0 saturated carbocycles. The SMILES string of the molecule is CCNCc1cnnn1-c1ccc(Br)cc1. The minimum atomic E-state index is 0.777. The summed E-state index contributed by atoms with van der Waals surface area (Å²) >= 11 is 3.41. The summed E-state index contributed by atoms with van der Waals surface area (Å²) in [6.07, 6.45) is 1.78. The number of rotatable bonds is 4. The van der Waals surface area contributed by atoms with Crippen LogP contribution in [0.5, 0.6) is 0 Å². The van der Waals surface area contributed by atoms with Crippen molar-refractivity contribution in [2.24, 2.45) is 0 Å². The van der Waals surface area contributed by atoms with Crippen LogP contribution in [0.4, 0.5) is 0 Å². The largest absolute Gasteiger partial charge is 0.311 e. The third-order valence-corrected chi connectivity index (χ3v) is 2.78. The lowest BCUT2D eigenvalue weighted by atomic mass is 10.3. The van der Waals surface area contributed by atoms with Crippen LogP contribution in [0.25, 0.3) is 5.69 Å². The van der Waals surface area contributed by atoms with Crippen LogP contribution in [0.1, 0.15) is 12.6 Å². The molecule has 2 aromatic rings. The minimum Gasteiger partial charge on any atom is -0.311 e. The van der Waals surface area contributed by atoms with Gasteiger partial charge in [-0.05, 0) is 30.8 Å². The molecule has 0 aliphatic carbocycles. The predicted octanol–water partition coefficient (Wildman–Crippen LogP) is 2.14. The maximum absolute atomic E-state index is 4.08. The van der Waals surface area contributed by atoms with Gasteiger partial charge in [-0.15, -0.1) is 5.10 Å². The van der Waals surface area contributed by atoms with E-state index in [0.717, 1.165) is 28.9 Å². The second kappa shape index (κ2) is 5.23. The molecule has 84 valence electrons. The molecule has 16 heavy (non-hydrogen) atoms. The Kier molecular flexibility index (Phi) is 3.69. The van der Waals surface area contributed by atoms with Crippen LogP contribution < -0.4 is 5.32 Å². The number of hydrogen-bond donors (Lipinski definition) is 1. The smallest absolute Gasteiger partial charge is 0.0783 e. The Morgan fingerprint density at radius 2 is 2.06 bits per heavy atom. The Labute approximate surface area is 103 Å². The molecule has 1 aromatic heterocycles. The van der Waals surface area contributed by atoms with Gasteiger partial charge in [0.05, 0.1) is 17.6 Å². The van der Waals surface area contributed by atoms with Crippen LogP contribution in [0.3, 0.4) is 0 Å². The summed E-state index contributed by atoms with van der Waals surface area (Å²) in [6.45, 7) is 3.79. The lowest BCUT2D eigenvalue weighted by Gasteiger charge is -2.06. The molecular weight excluding hydrogens is 268 g/mol. The molecular formula is C11H13BrN4. The normalized spacial score (nSPS) is 10.6. The van der Waals surface area contributed by atoms with Crippen LogP contribution in [0, 0.1) is 0 Å². The van der Waals surface area contributed by atoms with Crippen molar-refractivity contribution < 1.29 is 0 Å². The fourth-order valence-corrected chi connectivity index (χ4v) is 1.69. The van der Waals surface area contributed by atoms with Gasteiger partial charge in [-0.25, -0.2) is 4.68 Å². The number of benzene rings is 1. The molecule has 0 spiro atoms. The number of nitrogens with zero attached hydrogens (tertiary/aromatic N) is 3. The minimum absolute atomic E-state index is 0.777. The van der Waals surface area contributed by atoms with E-state index >= 15 is 0 Å². The van der Waals surface area contributed by atoms with Crippen LogP contribution in [-0.4, -0.2) is 21.5 Å². The first-order valence-electron chi connectivity index (χ1n) is 5.17. The molecule has 0 amide bonds. The van der Waals surface area contributed by atoms with Crippen molar-refractivity contribution >= 4 is 15.9 Å². The van der Waals surface area contributed by atoms with Crippen molar-refractivity contribution in [3.05, 3.63) is 40.6 Å². The Balaban J connectivity index is 2.26. The Morgan fingerprint density at radius 3 is 2.75 bits per heavy atom. The van der Waals surface area contributed by atoms with E-state index in [9.17, 15) is 0 Å². The summed E-state index contributed by atoms with van der Waals surface area (Å²) in [5.74, 6) is 0. The monoisotopic (exact) mass is 280 g/mol. The highest BCUT2D eigenvalue weighted by Gasteiger charge is 2.04. The van der Waals surface area contributed by atoms with E-state index in [4.69, 9.17) is 0 Å². The second-order valence-electron chi connectivity index (χ2n) is 3.39. The zero-order chi connectivity index (χ0) is 11.4. The summed E-state index contributed by atoms with van der Waals surface area (Å²) < 4.78 is 2.90. The van der Waals surface area contributed by atoms with Crippen molar-refractivity contribution in [2.75, 3.05) is 6.54 Å². The van der Waals surface area contributed by atoms with Gasteiger partial charge in [0.2, 0.25) is 0 Å². The molecule has 1 N–H and O–H groups in total. The van der Waals surface area contributed by atoms with Gasteiger partial charge >= 0.3 is 0 Å². The molecule has 5 heteroatoms. The average molecular weight is 281 g/mol. The Bertz CT molecular complexity index is 449. The summed E-state index contributed by atoms with van der Waals surface area (Å²) in [6, 6.07) is 8.00. The van der Waals surface area contributed by atoms with Gasteiger partial charge in [-0.3, -0.25) is 0 Å². The summed E-state index contributed by atoms with van der Waals surface area (Å²) in [4.78, 5) is 0. The molecule has 0 fully saturated rings. The molecule has 0 aliphatic heterocycles. The number of halogens is 1. The van der Waals surface area contributed by atoms with Crippen molar-refractivity contribution in [3.8, 4) is 5.69 Å². The first-order chi connectivity index (χ1) is 7.81. The molecule has 1 aromatic carbocycles. The fraction of sp³-hybridized carbons (Fsp3) is 0.273. The molecule has 4 nitrogen and oxygen atoms in total. The first-order valence-corrected chi connectivity index (χ1v) is 5.97. The van der Waals surface area contributed by atoms with Gasteiger partial charge in [0, 0.05) is 11.0 Å². The highest BCUT2D eigenvalue weighted by Crippen LogP contribution is 2.14. The van der Waals surface area contributed by atoms with Crippen molar-refractivity contribution in [1.82, 2.24) is 20.3 Å². The van der Waals surface area contributed by atoms with Gasteiger partial charge in [0.15, 0.2) is 0 Å². The summed E-state index contributed by atoms with van der Waals surface area (Å²) in [5, 5.41) is 11.3. The van der Waals surface area contributed by atoms with Crippen LogP contribution >= 0.6 is 15.9 Å². The van der Waals surface area contributed by atoms with Gasteiger partial charge < -0.3 is 5.32 Å². The third kappa shape index (κ3) is 2.48. The van der Waals surface area contributed by atoms with Crippen molar-refractivity contribution in [1.29, 1.82) is 0 Å². The number of nitrogens with one attached hydrogen (secondary N) is 1. The van der Waals surface area contributed by atoms with Gasteiger partial charge in [0.1, 0.15) is 0 Å².